The van der Waals surface area contributed by atoms with Gasteiger partial charge in [0.1, 0.15) is 11.8 Å². The minimum absolute atomic E-state index is 0.348. The lowest BCUT2D eigenvalue weighted by Crippen LogP contribution is -2.12. The highest BCUT2D eigenvalue weighted by Gasteiger charge is 2.01. The SMILES string of the molecule is Cc1nc(CNCc2ccc(C#N)o2)cs1. The van der Waals surface area contributed by atoms with Gasteiger partial charge in [-0.05, 0) is 19.1 Å². The first-order valence-corrected chi connectivity index (χ1v) is 5.76. The zero-order valence-corrected chi connectivity index (χ0v) is 9.67. The maximum Gasteiger partial charge on any atom is 0.203 e. The summed E-state index contributed by atoms with van der Waals surface area (Å²) in [6.45, 7) is 3.31. The summed E-state index contributed by atoms with van der Waals surface area (Å²) in [6, 6.07) is 5.43. The Bertz CT molecular complexity index is 509. The largest absolute Gasteiger partial charge is 0.449 e. The van der Waals surface area contributed by atoms with Crippen LogP contribution < -0.4 is 5.32 Å². The van der Waals surface area contributed by atoms with Crippen molar-refractivity contribution in [3.8, 4) is 6.07 Å². The molecule has 0 atom stereocenters. The summed E-state index contributed by atoms with van der Waals surface area (Å²) in [6.07, 6.45) is 0. The smallest absolute Gasteiger partial charge is 0.203 e. The summed E-state index contributed by atoms with van der Waals surface area (Å²) in [5, 5.41) is 14.9. The first kappa shape index (κ1) is 10.9. The molecule has 0 aliphatic rings. The lowest BCUT2D eigenvalue weighted by Gasteiger charge is -1.98. The van der Waals surface area contributed by atoms with E-state index in [2.05, 4.69) is 10.3 Å². The van der Waals surface area contributed by atoms with Crippen molar-refractivity contribution >= 4 is 11.3 Å². The van der Waals surface area contributed by atoms with Gasteiger partial charge in [-0.3, -0.25) is 0 Å². The second-order valence-corrected chi connectivity index (χ2v) is 4.40. The lowest BCUT2D eigenvalue weighted by molar-refractivity contribution is 0.473. The molecule has 0 fully saturated rings. The molecule has 2 heterocycles. The van der Waals surface area contributed by atoms with E-state index in [1.165, 1.54) is 0 Å². The zero-order chi connectivity index (χ0) is 11.4. The first-order valence-electron chi connectivity index (χ1n) is 4.88. The van der Waals surface area contributed by atoms with E-state index >= 15 is 0 Å². The van der Waals surface area contributed by atoms with Gasteiger partial charge in [0.2, 0.25) is 5.76 Å². The van der Waals surface area contributed by atoms with Crippen molar-refractivity contribution in [3.63, 3.8) is 0 Å². The normalized spacial score (nSPS) is 10.2. The minimum Gasteiger partial charge on any atom is -0.449 e. The number of furan rings is 1. The van der Waals surface area contributed by atoms with Crippen LogP contribution in [0.2, 0.25) is 0 Å². The molecule has 0 radical (unpaired) electrons. The third kappa shape index (κ3) is 2.69. The lowest BCUT2D eigenvalue weighted by atomic mass is 10.4. The van der Waals surface area contributed by atoms with Crippen molar-refractivity contribution in [2.45, 2.75) is 20.0 Å². The second-order valence-electron chi connectivity index (χ2n) is 3.34. The molecule has 0 saturated carbocycles. The molecule has 2 aromatic heterocycles. The second kappa shape index (κ2) is 4.92. The van der Waals surface area contributed by atoms with Crippen LogP contribution in [0.1, 0.15) is 22.2 Å². The predicted octanol–water partition coefficient (Wildman–Crippen LogP) is 2.21. The van der Waals surface area contributed by atoms with E-state index in [-0.39, 0.29) is 0 Å². The van der Waals surface area contributed by atoms with E-state index in [9.17, 15) is 0 Å². The van der Waals surface area contributed by atoms with E-state index in [1.807, 2.05) is 18.4 Å². The third-order valence-corrected chi connectivity index (χ3v) is 2.87. The van der Waals surface area contributed by atoms with Crippen molar-refractivity contribution < 1.29 is 4.42 Å². The van der Waals surface area contributed by atoms with Crippen molar-refractivity contribution in [3.05, 3.63) is 39.7 Å². The molecule has 0 aliphatic carbocycles. The summed E-state index contributed by atoms with van der Waals surface area (Å²) in [4.78, 5) is 4.34. The Balaban J connectivity index is 1.82. The number of hydrogen-bond donors (Lipinski definition) is 1. The number of nitrogens with zero attached hydrogens (tertiary/aromatic N) is 2. The summed E-state index contributed by atoms with van der Waals surface area (Å²) >= 11 is 1.64. The Morgan fingerprint density at radius 3 is 3.00 bits per heavy atom. The van der Waals surface area contributed by atoms with Gasteiger partial charge in [-0.1, -0.05) is 0 Å². The van der Waals surface area contributed by atoms with Crippen LogP contribution in [0, 0.1) is 18.3 Å². The molecule has 0 saturated heterocycles. The molecule has 0 amide bonds. The number of aryl methyl sites for hydroxylation is 1. The topological polar surface area (TPSA) is 61.9 Å². The maximum atomic E-state index is 8.58. The number of nitriles is 1. The van der Waals surface area contributed by atoms with Gasteiger partial charge < -0.3 is 9.73 Å². The number of aromatic nitrogens is 1. The van der Waals surface area contributed by atoms with Crippen LogP contribution in [-0.2, 0) is 13.1 Å². The van der Waals surface area contributed by atoms with Crippen LogP contribution in [-0.4, -0.2) is 4.98 Å². The Hall–Kier alpha value is -1.64. The first-order chi connectivity index (χ1) is 7.78. The van der Waals surface area contributed by atoms with E-state index in [0.29, 0.717) is 18.8 Å². The molecular formula is C11H11N3OS. The summed E-state index contributed by atoms with van der Waals surface area (Å²) < 4.78 is 5.23. The molecule has 0 aliphatic heterocycles. The highest BCUT2D eigenvalue weighted by atomic mass is 32.1. The molecule has 16 heavy (non-hydrogen) atoms. The van der Waals surface area contributed by atoms with E-state index in [4.69, 9.17) is 9.68 Å². The molecule has 0 unspecified atom stereocenters. The molecule has 0 spiro atoms. The zero-order valence-electron chi connectivity index (χ0n) is 8.86. The Morgan fingerprint density at radius 1 is 1.50 bits per heavy atom. The minimum atomic E-state index is 0.348. The summed E-state index contributed by atoms with van der Waals surface area (Å²) in [5.41, 5.74) is 1.04. The quantitative estimate of drug-likeness (QED) is 0.879. The third-order valence-electron chi connectivity index (χ3n) is 2.04. The van der Waals surface area contributed by atoms with Gasteiger partial charge in [-0.2, -0.15) is 5.26 Å². The van der Waals surface area contributed by atoms with Gasteiger partial charge >= 0.3 is 0 Å². The number of nitrogens with one attached hydrogen (secondary N) is 1. The van der Waals surface area contributed by atoms with Crippen molar-refractivity contribution in [2.75, 3.05) is 0 Å². The van der Waals surface area contributed by atoms with Crippen LogP contribution in [0.3, 0.4) is 0 Å². The van der Waals surface area contributed by atoms with Crippen molar-refractivity contribution in [1.29, 1.82) is 5.26 Å². The van der Waals surface area contributed by atoms with Crippen LogP contribution in [0.4, 0.5) is 0 Å². The predicted molar refractivity (Wildman–Crippen MR) is 60.8 cm³/mol. The van der Waals surface area contributed by atoms with Gasteiger partial charge in [0.05, 0.1) is 17.2 Å². The Morgan fingerprint density at radius 2 is 2.38 bits per heavy atom. The van der Waals surface area contributed by atoms with Gasteiger partial charge in [0.15, 0.2) is 0 Å². The van der Waals surface area contributed by atoms with Gasteiger partial charge in [-0.25, -0.2) is 4.98 Å². The van der Waals surface area contributed by atoms with Crippen LogP contribution >= 0.6 is 11.3 Å². The number of thiazole rings is 1. The fraction of sp³-hybridized carbons (Fsp3) is 0.273. The van der Waals surface area contributed by atoms with E-state index < -0.39 is 0 Å². The van der Waals surface area contributed by atoms with Gasteiger partial charge in [-0.15, -0.1) is 11.3 Å². The van der Waals surface area contributed by atoms with Crippen molar-refractivity contribution in [1.82, 2.24) is 10.3 Å². The van der Waals surface area contributed by atoms with Crippen LogP contribution in [0.15, 0.2) is 21.9 Å². The maximum absolute atomic E-state index is 8.58. The fourth-order valence-corrected chi connectivity index (χ4v) is 1.95. The van der Waals surface area contributed by atoms with Crippen LogP contribution in [0.25, 0.3) is 0 Å². The number of rotatable bonds is 4. The van der Waals surface area contributed by atoms with Crippen molar-refractivity contribution in [2.24, 2.45) is 0 Å². The summed E-state index contributed by atoms with van der Waals surface area (Å²) in [5.74, 6) is 1.12. The molecular weight excluding hydrogens is 222 g/mol. The molecule has 2 aromatic rings. The molecule has 0 bridgehead atoms. The Labute approximate surface area is 97.5 Å². The van der Waals surface area contributed by atoms with E-state index in [0.717, 1.165) is 16.5 Å². The van der Waals surface area contributed by atoms with E-state index in [1.54, 1.807) is 23.5 Å². The van der Waals surface area contributed by atoms with Crippen LogP contribution in [0.5, 0.6) is 0 Å². The standard InChI is InChI=1S/C11H11N3OS/c1-8-14-9(7-16-8)5-13-6-11-3-2-10(4-12)15-11/h2-3,7,13H,5-6H2,1H3. The summed E-state index contributed by atoms with van der Waals surface area (Å²) in [7, 11) is 0. The highest BCUT2D eigenvalue weighted by Crippen LogP contribution is 2.09. The van der Waals surface area contributed by atoms with Gasteiger partial charge in [0, 0.05) is 11.9 Å². The molecule has 1 N–H and O–H groups in total. The Kier molecular flexibility index (Phi) is 3.34. The van der Waals surface area contributed by atoms with Gasteiger partial charge in [0.25, 0.3) is 0 Å². The highest BCUT2D eigenvalue weighted by molar-refractivity contribution is 7.09. The average Bonchev–Trinajstić information content (AvgIpc) is 2.88. The average molecular weight is 233 g/mol. The molecule has 0 aromatic carbocycles. The molecule has 2 rings (SSSR count). The number of hydrogen-bond acceptors (Lipinski definition) is 5. The fourth-order valence-electron chi connectivity index (χ4n) is 1.34. The molecule has 82 valence electrons. The molecule has 4 nitrogen and oxygen atoms in total. The monoisotopic (exact) mass is 233 g/mol. The molecule has 5 heteroatoms.